The molecule has 0 radical (unpaired) electrons. The maximum absolute atomic E-state index is 11.9. The van der Waals surface area contributed by atoms with Crippen LogP contribution in [0.1, 0.15) is 33.3 Å². The lowest BCUT2D eigenvalue weighted by Gasteiger charge is -2.39. The Hall–Kier alpha value is -1.84. The zero-order chi connectivity index (χ0) is 13.7. The van der Waals surface area contributed by atoms with Crippen molar-refractivity contribution in [3.63, 3.8) is 0 Å². The highest BCUT2D eigenvalue weighted by molar-refractivity contribution is 6.05. The third kappa shape index (κ3) is 1.26. The van der Waals surface area contributed by atoms with Crippen LogP contribution in [0.25, 0.3) is 0 Å². The van der Waals surface area contributed by atoms with Crippen LogP contribution in [-0.2, 0) is 15.0 Å². The Morgan fingerprint density at radius 2 is 1.72 bits per heavy atom. The van der Waals surface area contributed by atoms with Gasteiger partial charge in [-0.15, -0.1) is 0 Å². The molecule has 1 aliphatic rings. The fourth-order valence-corrected chi connectivity index (χ4v) is 2.83. The predicted molar refractivity (Wildman–Crippen MR) is 68.7 cm³/mol. The number of aliphatic carboxylic acids is 1. The minimum Gasteiger partial charge on any atom is -0.479 e. The van der Waals surface area contributed by atoms with Gasteiger partial charge < -0.3 is 5.11 Å². The quantitative estimate of drug-likeness (QED) is 0.827. The van der Waals surface area contributed by atoms with Crippen molar-refractivity contribution in [2.24, 2.45) is 0 Å². The van der Waals surface area contributed by atoms with Crippen molar-refractivity contribution in [2.45, 2.75) is 38.6 Å². The smallest absolute Gasteiger partial charge is 0.330 e. The topological polar surface area (TPSA) is 57.6 Å². The van der Waals surface area contributed by atoms with E-state index < -0.39 is 16.9 Å². The number of amides is 1. The van der Waals surface area contributed by atoms with Crippen LogP contribution in [0.5, 0.6) is 0 Å². The van der Waals surface area contributed by atoms with E-state index in [-0.39, 0.29) is 5.91 Å². The van der Waals surface area contributed by atoms with Gasteiger partial charge in [-0.25, -0.2) is 4.79 Å². The summed E-state index contributed by atoms with van der Waals surface area (Å²) in [6.07, 6.45) is 0. The molecule has 1 unspecified atom stereocenters. The Kier molecular flexibility index (Phi) is 2.50. The number of carbonyl (C=O) groups is 2. The van der Waals surface area contributed by atoms with Gasteiger partial charge in [0.05, 0.1) is 0 Å². The lowest BCUT2D eigenvalue weighted by molar-refractivity contribution is -0.146. The molecule has 0 aromatic heterocycles. The number of anilines is 1. The zero-order valence-electron chi connectivity index (χ0n) is 11.0. The molecule has 1 aromatic rings. The average Bonchev–Trinajstić information content (AvgIpc) is 2.46. The summed E-state index contributed by atoms with van der Waals surface area (Å²) in [4.78, 5) is 25.0. The van der Waals surface area contributed by atoms with E-state index in [9.17, 15) is 14.7 Å². The van der Waals surface area contributed by atoms with Crippen molar-refractivity contribution in [1.29, 1.82) is 0 Å². The van der Waals surface area contributed by atoms with Gasteiger partial charge in [-0.2, -0.15) is 0 Å². The van der Waals surface area contributed by atoms with Gasteiger partial charge in [-0.05, 0) is 18.6 Å². The molecule has 0 saturated heterocycles. The summed E-state index contributed by atoms with van der Waals surface area (Å²) in [5.41, 5.74) is -0.311. The maximum Gasteiger partial charge on any atom is 0.330 e. The Balaban J connectivity index is 2.79. The minimum absolute atomic E-state index is 0.252. The molecule has 1 amide bonds. The summed E-state index contributed by atoms with van der Waals surface area (Å²) in [5.74, 6) is -1.24. The van der Waals surface area contributed by atoms with Crippen molar-refractivity contribution in [3.05, 3.63) is 29.8 Å². The summed E-state index contributed by atoms with van der Waals surface area (Å²) < 4.78 is 0. The molecule has 1 N–H and O–H groups in total. The van der Waals surface area contributed by atoms with E-state index in [1.807, 2.05) is 32.0 Å². The number of carboxylic acid groups (broad SMARTS) is 1. The molecule has 1 atom stereocenters. The molecule has 1 aliphatic heterocycles. The van der Waals surface area contributed by atoms with Gasteiger partial charge in [0.25, 0.3) is 0 Å². The molecule has 2 rings (SSSR count). The standard InChI is InChI=1S/C14H17NO3/c1-9(16)15-11-8-6-5-7-10(11)13(2,3)14(15,4)12(17)18/h5-8H,1-4H3,(H,17,18). The fraction of sp³-hybridized carbons (Fsp3) is 0.429. The summed E-state index contributed by atoms with van der Waals surface area (Å²) in [5, 5.41) is 9.61. The van der Waals surface area contributed by atoms with Crippen molar-refractivity contribution >= 4 is 17.6 Å². The number of carboxylic acids is 1. The van der Waals surface area contributed by atoms with Gasteiger partial charge in [0, 0.05) is 18.0 Å². The average molecular weight is 247 g/mol. The molecule has 0 saturated carbocycles. The monoisotopic (exact) mass is 247 g/mol. The highest BCUT2D eigenvalue weighted by Gasteiger charge is 2.60. The largest absolute Gasteiger partial charge is 0.479 e. The van der Waals surface area contributed by atoms with Crippen LogP contribution < -0.4 is 4.90 Å². The van der Waals surface area contributed by atoms with Gasteiger partial charge in [0.15, 0.2) is 5.54 Å². The van der Waals surface area contributed by atoms with Gasteiger partial charge >= 0.3 is 5.97 Å². The SMILES string of the molecule is CC(=O)N1c2ccccc2C(C)(C)C1(C)C(=O)O. The Labute approximate surface area is 106 Å². The normalized spacial score (nSPS) is 24.8. The predicted octanol–water partition coefficient (Wildman–Crippen LogP) is 2.17. The van der Waals surface area contributed by atoms with Crippen molar-refractivity contribution in [2.75, 3.05) is 4.90 Å². The van der Waals surface area contributed by atoms with Gasteiger partial charge in [0.2, 0.25) is 5.91 Å². The van der Waals surface area contributed by atoms with Crippen LogP contribution >= 0.6 is 0 Å². The van der Waals surface area contributed by atoms with Crippen LogP contribution in [-0.4, -0.2) is 22.5 Å². The summed E-state index contributed by atoms with van der Waals surface area (Å²) in [6.45, 7) is 6.74. The number of benzene rings is 1. The van der Waals surface area contributed by atoms with Crippen molar-refractivity contribution in [1.82, 2.24) is 0 Å². The molecule has 4 heteroatoms. The van der Waals surface area contributed by atoms with Gasteiger partial charge in [0.1, 0.15) is 0 Å². The van der Waals surface area contributed by atoms with Crippen LogP contribution in [0.3, 0.4) is 0 Å². The van der Waals surface area contributed by atoms with Gasteiger partial charge in [-0.3, -0.25) is 9.69 Å². The molecule has 0 fully saturated rings. The molecule has 4 nitrogen and oxygen atoms in total. The number of carbonyl (C=O) groups excluding carboxylic acids is 1. The third-order valence-electron chi connectivity index (χ3n) is 4.21. The first-order chi connectivity index (χ1) is 8.24. The van der Waals surface area contributed by atoms with E-state index >= 15 is 0 Å². The lowest BCUT2D eigenvalue weighted by Crippen LogP contribution is -2.60. The highest BCUT2D eigenvalue weighted by Crippen LogP contribution is 2.51. The van der Waals surface area contributed by atoms with Gasteiger partial charge in [-0.1, -0.05) is 32.0 Å². The molecule has 1 heterocycles. The molecular weight excluding hydrogens is 230 g/mol. The molecule has 96 valence electrons. The summed E-state index contributed by atoms with van der Waals surface area (Å²) in [6, 6.07) is 7.37. The Morgan fingerprint density at radius 1 is 1.17 bits per heavy atom. The Bertz CT molecular complexity index is 536. The van der Waals surface area contributed by atoms with E-state index in [4.69, 9.17) is 0 Å². The first kappa shape index (κ1) is 12.6. The van der Waals surface area contributed by atoms with Crippen molar-refractivity contribution < 1.29 is 14.7 Å². The molecule has 0 bridgehead atoms. The molecule has 18 heavy (non-hydrogen) atoms. The molecule has 1 aromatic carbocycles. The highest BCUT2D eigenvalue weighted by atomic mass is 16.4. The zero-order valence-corrected chi connectivity index (χ0v) is 11.0. The molecular formula is C14H17NO3. The number of para-hydroxylation sites is 1. The first-order valence-electron chi connectivity index (χ1n) is 5.88. The Morgan fingerprint density at radius 3 is 2.22 bits per heavy atom. The molecule has 0 spiro atoms. The van der Waals surface area contributed by atoms with E-state index in [2.05, 4.69) is 0 Å². The number of hydrogen-bond donors (Lipinski definition) is 1. The maximum atomic E-state index is 11.9. The fourth-order valence-electron chi connectivity index (χ4n) is 2.83. The van der Waals surface area contributed by atoms with Crippen LogP contribution in [0.15, 0.2) is 24.3 Å². The third-order valence-corrected chi connectivity index (χ3v) is 4.21. The van der Waals surface area contributed by atoms with Crippen molar-refractivity contribution in [3.8, 4) is 0 Å². The first-order valence-corrected chi connectivity index (χ1v) is 5.88. The number of fused-ring (bicyclic) bond motifs is 1. The number of nitrogens with zero attached hydrogens (tertiary/aromatic N) is 1. The molecule has 0 aliphatic carbocycles. The van der Waals surface area contributed by atoms with E-state index in [1.54, 1.807) is 13.0 Å². The van der Waals surface area contributed by atoms with E-state index in [0.717, 1.165) is 5.56 Å². The summed E-state index contributed by atoms with van der Waals surface area (Å²) >= 11 is 0. The second-order valence-electron chi connectivity index (χ2n) is 5.37. The van der Waals surface area contributed by atoms with E-state index in [1.165, 1.54) is 11.8 Å². The van der Waals surface area contributed by atoms with Crippen LogP contribution in [0, 0.1) is 0 Å². The second-order valence-corrected chi connectivity index (χ2v) is 5.37. The number of hydrogen-bond acceptors (Lipinski definition) is 2. The summed E-state index contributed by atoms with van der Waals surface area (Å²) in [7, 11) is 0. The van der Waals surface area contributed by atoms with Crippen LogP contribution in [0.2, 0.25) is 0 Å². The number of rotatable bonds is 1. The second kappa shape index (κ2) is 3.57. The minimum atomic E-state index is -1.26. The lowest BCUT2D eigenvalue weighted by atomic mass is 9.71. The van der Waals surface area contributed by atoms with E-state index in [0.29, 0.717) is 5.69 Å². The van der Waals surface area contributed by atoms with Crippen LogP contribution in [0.4, 0.5) is 5.69 Å².